The zero-order valence-corrected chi connectivity index (χ0v) is 15.5. The lowest BCUT2D eigenvalue weighted by atomic mass is 9.78. The van der Waals surface area contributed by atoms with Crippen LogP contribution in [-0.2, 0) is 14.3 Å². The summed E-state index contributed by atoms with van der Waals surface area (Å²) in [6.45, 7) is 3.63. The Hall–Kier alpha value is -1.14. The Bertz CT molecular complexity index is 465. The first-order valence-electron chi connectivity index (χ1n) is 9.94. The summed E-state index contributed by atoms with van der Waals surface area (Å²) in [4.78, 5) is 27.6. The van der Waals surface area contributed by atoms with Crippen LogP contribution in [0, 0.1) is 11.3 Å². The van der Waals surface area contributed by atoms with E-state index in [2.05, 4.69) is 10.6 Å². The van der Waals surface area contributed by atoms with Crippen LogP contribution in [0.25, 0.3) is 0 Å². The van der Waals surface area contributed by atoms with Crippen molar-refractivity contribution in [2.24, 2.45) is 11.3 Å². The number of nitrogens with zero attached hydrogens (tertiary/aromatic N) is 1. The van der Waals surface area contributed by atoms with E-state index in [1.165, 1.54) is 19.3 Å². The van der Waals surface area contributed by atoms with Crippen LogP contribution in [0.15, 0.2) is 0 Å². The number of amides is 2. The molecular formula is C19H33N3O3. The smallest absolute Gasteiger partial charge is 0.228 e. The van der Waals surface area contributed by atoms with Crippen molar-refractivity contribution < 1.29 is 14.3 Å². The minimum absolute atomic E-state index is 0.0867. The maximum atomic E-state index is 12.9. The molecule has 0 spiro atoms. The van der Waals surface area contributed by atoms with Crippen molar-refractivity contribution in [2.45, 2.75) is 57.4 Å². The Labute approximate surface area is 151 Å². The highest BCUT2D eigenvalue weighted by molar-refractivity contribution is 5.84. The minimum atomic E-state index is -0.416. The predicted molar refractivity (Wildman–Crippen MR) is 96.1 cm³/mol. The molecule has 1 aliphatic carbocycles. The van der Waals surface area contributed by atoms with E-state index < -0.39 is 5.41 Å². The SMILES string of the molecule is COCC1(C(=O)NC2CCN(C(=O)C3CCCCC3)C2)CCNCC1. The molecule has 0 aromatic heterocycles. The molecule has 0 radical (unpaired) electrons. The van der Waals surface area contributed by atoms with Crippen molar-refractivity contribution in [3.63, 3.8) is 0 Å². The fourth-order valence-corrected chi connectivity index (χ4v) is 4.64. The van der Waals surface area contributed by atoms with Crippen LogP contribution in [0.1, 0.15) is 51.4 Å². The van der Waals surface area contributed by atoms with E-state index in [1.54, 1.807) is 7.11 Å². The number of hydrogen-bond donors (Lipinski definition) is 2. The molecule has 3 rings (SSSR count). The molecule has 6 nitrogen and oxygen atoms in total. The van der Waals surface area contributed by atoms with Crippen LogP contribution < -0.4 is 10.6 Å². The number of likely N-dealkylation sites (tertiary alicyclic amines) is 1. The van der Waals surface area contributed by atoms with Crippen LogP contribution in [0.5, 0.6) is 0 Å². The second-order valence-electron chi connectivity index (χ2n) is 8.04. The third kappa shape index (κ3) is 4.34. The van der Waals surface area contributed by atoms with Gasteiger partial charge in [0.2, 0.25) is 11.8 Å². The van der Waals surface area contributed by atoms with Gasteiger partial charge < -0.3 is 20.3 Å². The Kier molecular flexibility index (Phi) is 6.34. The molecule has 2 saturated heterocycles. The average Bonchev–Trinajstić information content (AvgIpc) is 3.11. The number of methoxy groups -OCH3 is 1. The van der Waals surface area contributed by atoms with E-state index >= 15 is 0 Å². The molecule has 2 N–H and O–H groups in total. The molecule has 2 amide bonds. The third-order valence-corrected chi connectivity index (χ3v) is 6.25. The third-order valence-electron chi connectivity index (χ3n) is 6.25. The maximum absolute atomic E-state index is 12.9. The highest BCUT2D eigenvalue weighted by Gasteiger charge is 2.41. The Morgan fingerprint density at radius 2 is 1.88 bits per heavy atom. The fourth-order valence-electron chi connectivity index (χ4n) is 4.64. The molecule has 25 heavy (non-hydrogen) atoms. The molecule has 1 unspecified atom stereocenters. The van der Waals surface area contributed by atoms with E-state index in [4.69, 9.17) is 4.74 Å². The molecule has 0 aromatic carbocycles. The Morgan fingerprint density at radius 3 is 2.56 bits per heavy atom. The normalized spacial score (nSPS) is 27.2. The largest absolute Gasteiger partial charge is 0.384 e. The molecule has 0 aromatic rings. The Morgan fingerprint density at radius 1 is 1.16 bits per heavy atom. The van der Waals surface area contributed by atoms with Crippen molar-refractivity contribution in [1.29, 1.82) is 0 Å². The highest BCUT2D eigenvalue weighted by Crippen LogP contribution is 2.30. The van der Waals surface area contributed by atoms with Gasteiger partial charge in [-0.15, -0.1) is 0 Å². The molecule has 3 fully saturated rings. The van der Waals surface area contributed by atoms with Crippen LogP contribution in [-0.4, -0.2) is 62.7 Å². The summed E-state index contributed by atoms with van der Waals surface area (Å²) >= 11 is 0. The van der Waals surface area contributed by atoms with Crippen LogP contribution >= 0.6 is 0 Å². The quantitative estimate of drug-likeness (QED) is 0.783. The number of carbonyl (C=O) groups excluding carboxylic acids is 2. The monoisotopic (exact) mass is 351 g/mol. The van der Waals surface area contributed by atoms with Gasteiger partial charge in [0.15, 0.2) is 0 Å². The number of rotatable bonds is 5. The lowest BCUT2D eigenvalue weighted by Crippen LogP contribution is -2.53. The van der Waals surface area contributed by atoms with Crippen LogP contribution in [0.3, 0.4) is 0 Å². The molecule has 2 heterocycles. The van der Waals surface area contributed by atoms with E-state index in [9.17, 15) is 9.59 Å². The summed E-state index contributed by atoms with van der Waals surface area (Å²) in [7, 11) is 1.66. The number of piperidine rings is 1. The molecular weight excluding hydrogens is 318 g/mol. The summed E-state index contributed by atoms with van der Waals surface area (Å²) in [5, 5.41) is 6.54. The molecule has 3 aliphatic rings. The van der Waals surface area contributed by atoms with Gasteiger partial charge in [0.25, 0.3) is 0 Å². The fraction of sp³-hybridized carbons (Fsp3) is 0.895. The van der Waals surface area contributed by atoms with Crippen LogP contribution in [0.2, 0.25) is 0 Å². The van der Waals surface area contributed by atoms with Gasteiger partial charge in [0.05, 0.1) is 12.0 Å². The topological polar surface area (TPSA) is 70.7 Å². The zero-order chi connectivity index (χ0) is 17.7. The Balaban J connectivity index is 1.53. The van der Waals surface area contributed by atoms with Crippen molar-refractivity contribution in [1.82, 2.24) is 15.5 Å². The second kappa shape index (κ2) is 8.49. The van der Waals surface area contributed by atoms with Gasteiger partial charge >= 0.3 is 0 Å². The van der Waals surface area contributed by atoms with E-state index in [-0.39, 0.29) is 17.9 Å². The minimum Gasteiger partial charge on any atom is -0.384 e. The first-order chi connectivity index (χ1) is 12.1. The average molecular weight is 351 g/mol. The van der Waals surface area contributed by atoms with Gasteiger partial charge in [-0.2, -0.15) is 0 Å². The first-order valence-corrected chi connectivity index (χ1v) is 9.94. The summed E-state index contributed by atoms with van der Waals surface area (Å²) < 4.78 is 5.36. The van der Waals surface area contributed by atoms with Crippen molar-refractivity contribution >= 4 is 11.8 Å². The number of nitrogens with one attached hydrogen (secondary N) is 2. The van der Waals surface area contributed by atoms with Crippen LogP contribution in [0.4, 0.5) is 0 Å². The van der Waals surface area contributed by atoms with Crippen molar-refractivity contribution in [3.8, 4) is 0 Å². The molecule has 2 aliphatic heterocycles. The molecule has 6 heteroatoms. The van der Waals surface area contributed by atoms with Gasteiger partial charge in [-0.1, -0.05) is 19.3 Å². The lowest BCUT2D eigenvalue weighted by Gasteiger charge is -2.36. The molecule has 0 bridgehead atoms. The van der Waals surface area contributed by atoms with Gasteiger partial charge in [-0.05, 0) is 45.2 Å². The lowest BCUT2D eigenvalue weighted by molar-refractivity contribution is -0.138. The van der Waals surface area contributed by atoms with E-state index in [1.807, 2.05) is 4.90 Å². The number of hydrogen-bond acceptors (Lipinski definition) is 4. The van der Waals surface area contributed by atoms with Gasteiger partial charge in [0, 0.05) is 32.2 Å². The summed E-state index contributed by atoms with van der Waals surface area (Å²) in [5.41, 5.74) is -0.416. The van der Waals surface area contributed by atoms with E-state index in [0.717, 1.165) is 51.7 Å². The van der Waals surface area contributed by atoms with Gasteiger partial charge in [-0.25, -0.2) is 0 Å². The second-order valence-corrected chi connectivity index (χ2v) is 8.04. The van der Waals surface area contributed by atoms with Crippen molar-refractivity contribution in [3.05, 3.63) is 0 Å². The van der Waals surface area contributed by atoms with Gasteiger partial charge in [-0.3, -0.25) is 9.59 Å². The first kappa shape index (κ1) is 18.6. The zero-order valence-electron chi connectivity index (χ0n) is 15.5. The summed E-state index contributed by atoms with van der Waals surface area (Å²) in [6.07, 6.45) is 8.18. The molecule has 1 atom stereocenters. The number of ether oxygens (including phenoxy) is 1. The van der Waals surface area contributed by atoms with E-state index in [0.29, 0.717) is 19.1 Å². The standard InChI is InChI=1S/C19H33N3O3/c1-25-14-19(8-10-20-11-9-19)18(24)21-16-7-12-22(13-16)17(23)15-5-3-2-4-6-15/h15-16,20H,2-14H2,1H3,(H,21,24). The predicted octanol–water partition coefficient (Wildman–Crippen LogP) is 1.30. The number of carbonyl (C=O) groups is 2. The summed E-state index contributed by atoms with van der Waals surface area (Å²) in [6, 6.07) is 0.0867. The van der Waals surface area contributed by atoms with Crippen molar-refractivity contribution in [2.75, 3.05) is 39.9 Å². The molecule has 1 saturated carbocycles. The maximum Gasteiger partial charge on any atom is 0.228 e. The van der Waals surface area contributed by atoms with Gasteiger partial charge in [0.1, 0.15) is 0 Å². The summed E-state index contributed by atoms with van der Waals surface area (Å²) in [5.74, 6) is 0.630. The molecule has 142 valence electrons. The highest BCUT2D eigenvalue weighted by atomic mass is 16.5.